The van der Waals surface area contributed by atoms with Crippen LogP contribution in [-0.4, -0.2) is 54.5 Å². The maximum absolute atomic E-state index is 12.7. The molecule has 2 aromatic rings. The van der Waals surface area contributed by atoms with Crippen molar-refractivity contribution in [1.29, 1.82) is 0 Å². The Hall–Kier alpha value is -2.33. The number of piperazine rings is 1. The van der Waals surface area contributed by atoms with Crippen LogP contribution in [0.5, 0.6) is 5.75 Å². The van der Waals surface area contributed by atoms with Gasteiger partial charge in [-0.15, -0.1) is 6.58 Å². The molecule has 1 saturated heterocycles. The number of carbonyl (C=O) groups is 1. The summed E-state index contributed by atoms with van der Waals surface area (Å²) in [6, 6.07) is 14.0. The highest BCUT2D eigenvalue weighted by molar-refractivity contribution is 5.89. The van der Waals surface area contributed by atoms with Crippen molar-refractivity contribution in [1.82, 2.24) is 9.80 Å². The van der Waals surface area contributed by atoms with Gasteiger partial charge in [-0.1, -0.05) is 42.5 Å². The minimum atomic E-state index is -0.484. The number of hydrogen-bond donors (Lipinski definition) is 0. The summed E-state index contributed by atoms with van der Waals surface area (Å²) in [7, 11) is 0. The second-order valence-corrected chi connectivity index (χ2v) is 6.15. The van der Waals surface area contributed by atoms with Gasteiger partial charge in [-0.25, -0.2) is 0 Å². The molecule has 1 fully saturated rings. The Morgan fingerprint density at radius 2 is 1.88 bits per heavy atom. The minimum absolute atomic E-state index is 0.0567. The molecule has 24 heavy (non-hydrogen) atoms. The van der Waals surface area contributed by atoms with Gasteiger partial charge in [0.25, 0.3) is 5.91 Å². The number of fused-ring (bicyclic) bond motifs is 1. The van der Waals surface area contributed by atoms with Gasteiger partial charge in [0.05, 0.1) is 0 Å². The zero-order valence-electron chi connectivity index (χ0n) is 14.1. The highest BCUT2D eigenvalue weighted by atomic mass is 16.5. The summed E-state index contributed by atoms with van der Waals surface area (Å²) in [6.07, 6.45) is 1.42. The number of amides is 1. The number of hydrogen-bond acceptors (Lipinski definition) is 3. The van der Waals surface area contributed by atoms with Crippen LogP contribution in [0.1, 0.15) is 6.92 Å². The van der Waals surface area contributed by atoms with E-state index in [0.717, 1.165) is 49.2 Å². The molecular formula is C20H24N2O2. The Morgan fingerprint density at radius 1 is 1.17 bits per heavy atom. The van der Waals surface area contributed by atoms with Gasteiger partial charge in [-0.05, 0) is 18.4 Å². The van der Waals surface area contributed by atoms with Crippen molar-refractivity contribution in [3.8, 4) is 5.75 Å². The van der Waals surface area contributed by atoms with E-state index in [-0.39, 0.29) is 5.91 Å². The summed E-state index contributed by atoms with van der Waals surface area (Å²) in [6.45, 7) is 9.75. The van der Waals surface area contributed by atoms with Crippen molar-refractivity contribution in [2.24, 2.45) is 0 Å². The molecule has 2 aromatic carbocycles. The molecule has 1 heterocycles. The van der Waals surface area contributed by atoms with Gasteiger partial charge in [0.2, 0.25) is 0 Å². The molecule has 4 nitrogen and oxygen atoms in total. The van der Waals surface area contributed by atoms with Gasteiger partial charge in [-0.2, -0.15) is 0 Å². The zero-order chi connectivity index (χ0) is 16.9. The summed E-state index contributed by atoms with van der Waals surface area (Å²) < 4.78 is 6.00. The first-order valence-electron chi connectivity index (χ1n) is 8.45. The van der Waals surface area contributed by atoms with Crippen LogP contribution in [0.4, 0.5) is 0 Å². The molecule has 1 atom stereocenters. The van der Waals surface area contributed by atoms with Crippen LogP contribution in [-0.2, 0) is 4.79 Å². The molecule has 4 heteroatoms. The van der Waals surface area contributed by atoms with E-state index >= 15 is 0 Å². The lowest BCUT2D eigenvalue weighted by molar-refractivity contribution is -0.139. The Bertz CT molecular complexity index is 715. The standard InChI is InChI=1S/C20H24N2O2/c1-3-11-21-12-14-22(15-13-21)20(23)16(2)24-19-10-6-8-17-7-4-5-9-18(17)19/h3-10,16H,1,11-15H2,2H3/t16-/m0/s1. The molecule has 0 aromatic heterocycles. The van der Waals surface area contributed by atoms with Crippen LogP contribution in [0, 0.1) is 0 Å². The third-order valence-corrected chi connectivity index (χ3v) is 4.47. The van der Waals surface area contributed by atoms with Crippen molar-refractivity contribution < 1.29 is 9.53 Å². The smallest absolute Gasteiger partial charge is 0.263 e. The van der Waals surface area contributed by atoms with Gasteiger partial charge in [-0.3, -0.25) is 9.69 Å². The van der Waals surface area contributed by atoms with Gasteiger partial charge in [0.15, 0.2) is 6.10 Å². The van der Waals surface area contributed by atoms with E-state index < -0.39 is 6.10 Å². The van der Waals surface area contributed by atoms with Crippen molar-refractivity contribution >= 4 is 16.7 Å². The Labute approximate surface area is 143 Å². The lowest BCUT2D eigenvalue weighted by Gasteiger charge is -2.35. The summed E-state index contributed by atoms with van der Waals surface area (Å²) in [5.74, 6) is 0.820. The second kappa shape index (κ2) is 7.49. The van der Waals surface area contributed by atoms with Crippen LogP contribution in [0.2, 0.25) is 0 Å². The molecule has 1 aliphatic heterocycles. The maximum Gasteiger partial charge on any atom is 0.263 e. The molecule has 1 amide bonds. The van der Waals surface area contributed by atoms with Crippen molar-refractivity contribution in [3.63, 3.8) is 0 Å². The topological polar surface area (TPSA) is 32.8 Å². The summed E-state index contributed by atoms with van der Waals surface area (Å²) >= 11 is 0. The first kappa shape index (κ1) is 16.5. The molecule has 0 saturated carbocycles. The van der Waals surface area contributed by atoms with Crippen LogP contribution < -0.4 is 4.74 Å². The van der Waals surface area contributed by atoms with Crippen molar-refractivity contribution in [2.45, 2.75) is 13.0 Å². The van der Waals surface area contributed by atoms with E-state index in [9.17, 15) is 4.79 Å². The quantitative estimate of drug-likeness (QED) is 0.793. The van der Waals surface area contributed by atoms with E-state index in [1.807, 2.05) is 60.4 Å². The van der Waals surface area contributed by atoms with Gasteiger partial charge < -0.3 is 9.64 Å². The minimum Gasteiger partial charge on any atom is -0.480 e. The molecule has 0 radical (unpaired) electrons. The van der Waals surface area contributed by atoms with Gasteiger partial charge >= 0.3 is 0 Å². The normalized spacial score (nSPS) is 16.8. The lowest BCUT2D eigenvalue weighted by atomic mass is 10.1. The molecule has 1 aliphatic rings. The third-order valence-electron chi connectivity index (χ3n) is 4.47. The third kappa shape index (κ3) is 3.60. The lowest BCUT2D eigenvalue weighted by Crippen LogP contribution is -2.51. The highest BCUT2D eigenvalue weighted by Crippen LogP contribution is 2.26. The second-order valence-electron chi connectivity index (χ2n) is 6.15. The molecule has 126 valence electrons. The van der Waals surface area contributed by atoms with Crippen LogP contribution >= 0.6 is 0 Å². The first-order chi connectivity index (χ1) is 11.7. The number of carbonyl (C=O) groups excluding carboxylic acids is 1. The van der Waals surface area contributed by atoms with E-state index in [4.69, 9.17) is 4.74 Å². The molecule has 0 N–H and O–H groups in total. The number of benzene rings is 2. The maximum atomic E-state index is 12.7. The molecular weight excluding hydrogens is 300 g/mol. The SMILES string of the molecule is C=CCN1CCN(C(=O)[C@H](C)Oc2cccc3ccccc23)CC1. The predicted molar refractivity (Wildman–Crippen MR) is 97.3 cm³/mol. The number of rotatable bonds is 5. The molecule has 0 bridgehead atoms. The molecule has 0 spiro atoms. The average Bonchev–Trinajstić information content (AvgIpc) is 2.62. The fraction of sp³-hybridized carbons (Fsp3) is 0.350. The Kier molecular flexibility index (Phi) is 5.16. The van der Waals surface area contributed by atoms with E-state index in [1.165, 1.54) is 0 Å². The van der Waals surface area contributed by atoms with Crippen LogP contribution in [0.15, 0.2) is 55.1 Å². The van der Waals surface area contributed by atoms with Crippen molar-refractivity contribution in [3.05, 3.63) is 55.1 Å². The van der Waals surface area contributed by atoms with E-state index in [0.29, 0.717) is 0 Å². The summed E-state index contributed by atoms with van der Waals surface area (Å²) in [5, 5.41) is 2.16. The predicted octanol–water partition coefficient (Wildman–Crippen LogP) is 2.94. The Balaban J connectivity index is 1.65. The number of ether oxygens (including phenoxy) is 1. The molecule has 3 rings (SSSR count). The number of nitrogens with zero attached hydrogens (tertiary/aromatic N) is 2. The zero-order valence-corrected chi connectivity index (χ0v) is 14.1. The fourth-order valence-corrected chi connectivity index (χ4v) is 3.13. The first-order valence-corrected chi connectivity index (χ1v) is 8.45. The molecule has 0 aliphatic carbocycles. The fourth-order valence-electron chi connectivity index (χ4n) is 3.13. The van der Waals surface area contributed by atoms with E-state index in [1.54, 1.807) is 0 Å². The summed E-state index contributed by atoms with van der Waals surface area (Å²) in [5.41, 5.74) is 0. The van der Waals surface area contributed by atoms with Crippen molar-refractivity contribution in [2.75, 3.05) is 32.7 Å². The van der Waals surface area contributed by atoms with Gasteiger partial charge in [0.1, 0.15) is 5.75 Å². The monoisotopic (exact) mass is 324 g/mol. The summed E-state index contributed by atoms with van der Waals surface area (Å²) in [4.78, 5) is 16.9. The van der Waals surface area contributed by atoms with E-state index in [2.05, 4.69) is 11.5 Å². The van der Waals surface area contributed by atoms with Crippen LogP contribution in [0.25, 0.3) is 10.8 Å². The highest BCUT2D eigenvalue weighted by Gasteiger charge is 2.25. The average molecular weight is 324 g/mol. The largest absolute Gasteiger partial charge is 0.480 e. The Morgan fingerprint density at radius 3 is 2.62 bits per heavy atom. The van der Waals surface area contributed by atoms with Crippen LogP contribution in [0.3, 0.4) is 0 Å². The van der Waals surface area contributed by atoms with Gasteiger partial charge in [0, 0.05) is 38.1 Å². The molecule has 0 unspecified atom stereocenters.